The van der Waals surface area contributed by atoms with Crippen LogP contribution in [0.1, 0.15) is 41.8 Å². The number of hydrogen-bond donors (Lipinski definition) is 1. The highest BCUT2D eigenvalue weighted by Gasteiger charge is 2.34. The molecule has 5 nitrogen and oxygen atoms in total. The molecule has 0 spiro atoms. The molecule has 4 rings (SSSR count). The number of benzene rings is 2. The van der Waals surface area contributed by atoms with Gasteiger partial charge in [0.15, 0.2) is 0 Å². The molecule has 0 radical (unpaired) electrons. The zero-order chi connectivity index (χ0) is 19.2. The predicted octanol–water partition coefficient (Wildman–Crippen LogP) is 4.57. The van der Waals surface area contributed by atoms with Crippen LogP contribution in [0.2, 0.25) is 0 Å². The predicted molar refractivity (Wildman–Crippen MR) is 104 cm³/mol. The van der Waals surface area contributed by atoms with Crippen molar-refractivity contribution in [2.24, 2.45) is 0 Å². The molecule has 2 aliphatic heterocycles. The minimum Gasteiger partial charge on any atom is -0.487 e. The van der Waals surface area contributed by atoms with Crippen LogP contribution >= 0.6 is 0 Å². The lowest BCUT2D eigenvalue weighted by atomic mass is 10.00. The number of carboxylic acid groups (broad SMARTS) is 1. The first-order valence-corrected chi connectivity index (χ1v) is 9.14. The molecule has 2 aliphatic rings. The third-order valence-electron chi connectivity index (χ3n) is 5.06. The Labute approximate surface area is 158 Å². The summed E-state index contributed by atoms with van der Waals surface area (Å²) in [6.07, 6.45) is 1.88. The highest BCUT2D eigenvalue weighted by Crippen LogP contribution is 2.43. The van der Waals surface area contributed by atoms with Gasteiger partial charge in [-0.15, -0.1) is 0 Å². The highest BCUT2D eigenvalue weighted by atomic mass is 16.5. The van der Waals surface area contributed by atoms with Gasteiger partial charge in [0.05, 0.1) is 5.56 Å². The lowest BCUT2D eigenvalue weighted by Crippen LogP contribution is -2.34. The largest absolute Gasteiger partial charge is 0.487 e. The van der Waals surface area contributed by atoms with Crippen LogP contribution < -0.4 is 9.47 Å². The van der Waals surface area contributed by atoms with Crippen LogP contribution in [-0.2, 0) is 6.42 Å². The van der Waals surface area contributed by atoms with E-state index in [1.807, 2.05) is 38.1 Å². The first-order chi connectivity index (χ1) is 12.8. The van der Waals surface area contributed by atoms with Crippen LogP contribution in [0.3, 0.4) is 0 Å². The molecule has 0 saturated carbocycles. The van der Waals surface area contributed by atoms with E-state index >= 15 is 0 Å². The number of ether oxygens (including phenoxy) is 2. The van der Waals surface area contributed by atoms with E-state index in [1.165, 1.54) is 6.42 Å². The molecule has 0 atom stereocenters. The Morgan fingerprint density at radius 2 is 1.89 bits per heavy atom. The fourth-order valence-corrected chi connectivity index (χ4v) is 3.47. The summed E-state index contributed by atoms with van der Waals surface area (Å²) in [4.78, 5) is 13.7. The fraction of sp³-hybridized carbons (Fsp3) is 0.318. The van der Waals surface area contributed by atoms with Crippen molar-refractivity contribution in [3.8, 4) is 17.2 Å². The smallest absolute Gasteiger partial charge is 0.335 e. The van der Waals surface area contributed by atoms with Crippen molar-refractivity contribution >= 4 is 11.7 Å². The molecule has 2 aromatic rings. The molecular formula is C22H23NO4. The van der Waals surface area contributed by atoms with Gasteiger partial charge >= 0.3 is 5.97 Å². The van der Waals surface area contributed by atoms with E-state index in [0.29, 0.717) is 23.7 Å². The van der Waals surface area contributed by atoms with Crippen molar-refractivity contribution in [2.45, 2.75) is 32.3 Å². The second-order valence-corrected chi connectivity index (χ2v) is 7.71. The molecule has 140 valence electrons. The Morgan fingerprint density at radius 3 is 2.48 bits per heavy atom. The number of rotatable bonds is 5. The van der Waals surface area contributed by atoms with Crippen molar-refractivity contribution in [3.63, 3.8) is 0 Å². The number of likely N-dealkylation sites (tertiary alicyclic amines) is 1. The van der Waals surface area contributed by atoms with Gasteiger partial charge in [-0.3, -0.25) is 0 Å². The molecule has 1 N–H and O–H groups in total. The molecule has 0 bridgehead atoms. The van der Waals surface area contributed by atoms with Crippen molar-refractivity contribution in [2.75, 3.05) is 13.1 Å². The third-order valence-corrected chi connectivity index (χ3v) is 5.06. The second kappa shape index (κ2) is 6.34. The zero-order valence-corrected chi connectivity index (χ0v) is 15.6. The summed E-state index contributed by atoms with van der Waals surface area (Å²) in [5.41, 5.74) is 2.77. The van der Waals surface area contributed by atoms with Crippen molar-refractivity contribution in [3.05, 3.63) is 59.7 Å². The Kier molecular flexibility index (Phi) is 4.10. The number of hydrogen-bond acceptors (Lipinski definition) is 4. The third kappa shape index (κ3) is 3.37. The van der Waals surface area contributed by atoms with E-state index in [4.69, 9.17) is 9.47 Å². The molecule has 1 fully saturated rings. The summed E-state index contributed by atoms with van der Waals surface area (Å²) in [5.74, 6) is 0.768. The van der Waals surface area contributed by atoms with Crippen LogP contribution in [0.25, 0.3) is 5.70 Å². The summed E-state index contributed by atoms with van der Waals surface area (Å²) in [5, 5.41) is 9.39. The van der Waals surface area contributed by atoms with Crippen LogP contribution in [0.4, 0.5) is 0 Å². The quantitative estimate of drug-likeness (QED) is 0.841. The van der Waals surface area contributed by atoms with Gasteiger partial charge in [-0.2, -0.15) is 0 Å². The van der Waals surface area contributed by atoms with E-state index < -0.39 is 5.97 Å². The van der Waals surface area contributed by atoms with Crippen molar-refractivity contribution < 1.29 is 19.4 Å². The number of fused-ring (bicyclic) bond motifs is 1. The van der Waals surface area contributed by atoms with Crippen molar-refractivity contribution in [1.82, 2.24) is 4.90 Å². The average Bonchev–Trinajstić information content (AvgIpc) is 2.88. The maximum Gasteiger partial charge on any atom is 0.335 e. The number of carboxylic acids is 1. The summed E-state index contributed by atoms with van der Waals surface area (Å²) in [6.45, 7) is 10.2. The highest BCUT2D eigenvalue weighted by molar-refractivity contribution is 5.89. The first kappa shape index (κ1) is 17.5. The monoisotopic (exact) mass is 365 g/mol. The average molecular weight is 365 g/mol. The summed E-state index contributed by atoms with van der Waals surface area (Å²) >= 11 is 0. The summed E-state index contributed by atoms with van der Waals surface area (Å²) in [6, 6.07) is 10.9. The van der Waals surface area contributed by atoms with Gasteiger partial charge in [-0.1, -0.05) is 6.58 Å². The van der Waals surface area contributed by atoms with Gasteiger partial charge in [0.25, 0.3) is 0 Å². The molecule has 2 aromatic carbocycles. The van der Waals surface area contributed by atoms with Gasteiger partial charge in [0.2, 0.25) is 0 Å². The van der Waals surface area contributed by atoms with E-state index in [-0.39, 0.29) is 11.2 Å². The SMILES string of the molecule is C=C(c1ccc(Oc2cc(C(=O)O)cc3c2CC(C)(C)O3)cc1)N1CCC1. The van der Waals surface area contributed by atoms with Crippen LogP contribution in [0, 0.1) is 0 Å². The topological polar surface area (TPSA) is 59.0 Å². The van der Waals surface area contributed by atoms with Crippen LogP contribution in [0.15, 0.2) is 43.0 Å². The molecule has 2 heterocycles. The fourth-order valence-electron chi connectivity index (χ4n) is 3.47. The number of aromatic carboxylic acids is 1. The minimum atomic E-state index is -1.00. The summed E-state index contributed by atoms with van der Waals surface area (Å²) in [7, 11) is 0. The van der Waals surface area contributed by atoms with E-state index in [2.05, 4.69) is 11.5 Å². The zero-order valence-electron chi connectivity index (χ0n) is 15.6. The Morgan fingerprint density at radius 1 is 1.19 bits per heavy atom. The number of nitrogens with zero attached hydrogens (tertiary/aromatic N) is 1. The number of carbonyl (C=O) groups is 1. The lowest BCUT2D eigenvalue weighted by Gasteiger charge is -2.34. The van der Waals surface area contributed by atoms with Gasteiger partial charge in [0.1, 0.15) is 22.8 Å². The Hall–Kier alpha value is -2.95. The Bertz CT molecular complexity index is 911. The molecule has 1 saturated heterocycles. The second-order valence-electron chi connectivity index (χ2n) is 7.71. The molecule has 0 unspecified atom stereocenters. The van der Waals surface area contributed by atoms with Gasteiger partial charge in [-0.05, 0) is 62.2 Å². The maximum atomic E-state index is 11.5. The van der Waals surface area contributed by atoms with Gasteiger partial charge in [-0.25, -0.2) is 4.79 Å². The molecular weight excluding hydrogens is 342 g/mol. The molecule has 0 aromatic heterocycles. The lowest BCUT2D eigenvalue weighted by molar-refractivity contribution is 0.0695. The van der Waals surface area contributed by atoms with Crippen molar-refractivity contribution in [1.29, 1.82) is 0 Å². The van der Waals surface area contributed by atoms with Crippen LogP contribution in [0.5, 0.6) is 17.2 Å². The first-order valence-electron chi connectivity index (χ1n) is 9.14. The standard InChI is InChI=1S/C22H23NO4/c1-14(23-9-4-10-23)15-5-7-17(8-6-15)26-19-11-16(21(24)25)12-20-18(19)13-22(2,3)27-20/h5-8,11-12H,1,4,9-10,13H2,2-3H3,(H,24,25). The molecule has 0 aliphatic carbocycles. The molecule has 0 amide bonds. The Balaban J connectivity index is 1.61. The van der Waals surface area contributed by atoms with E-state index in [9.17, 15) is 9.90 Å². The molecule has 5 heteroatoms. The normalized spacial score (nSPS) is 16.9. The van der Waals surface area contributed by atoms with Crippen LogP contribution in [-0.4, -0.2) is 34.7 Å². The van der Waals surface area contributed by atoms with E-state index in [0.717, 1.165) is 29.9 Å². The molecule has 27 heavy (non-hydrogen) atoms. The minimum absolute atomic E-state index is 0.157. The van der Waals surface area contributed by atoms with E-state index in [1.54, 1.807) is 12.1 Å². The summed E-state index contributed by atoms with van der Waals surface area (Å²) < 4.78 is 12.0. The maximum absolute atomic E-state index is 11.5. The van der Waals surface area contributed by atoms with Gasteiger partial charge < -0.3 is 19.5 Å². The van der Waals surface area contributed by atoms with Gasteiger partial charge in [0, 0.05) is 30.8 Å².